The van der Waals surface area contributed by atoms with Crippen molar-refractivity contribution in [3.05, 3.63) is 11.5 Å². The fourth-order valence-corrected chi connectivity index (χ4v) is 4.34. The first-order valence-corrected chi connectivity index (χ1v) is 9.47. The van der Waals surface area contributed by atoms with E-state index in [9.17, 15) is 18.7 Å². The summed E-state index contributed by atoms with van der Waals surface area (Å²) in [5.41, 5.74) is 1.12. The van der Waals surface area contributed by atoms with Gasteiger partial charge in [0.05, 0.1) is 19.2 Å². The molecule has 2 aliphatic rings. The quantitative estimate of drug-likeness (QED) is 0.813. The van der Waals surface area contributed by atoms with Crippen LogP contribution < -0.4 is 5.32 Å². The van der Waals surface area contributed by atoms with Crippen LogP contribution in [0.4, 0.5) is 19.3 Å². The van der Waals surface area contributed by atoms with E-state index < -0.39 is 12.0 Å². The molecule has 3 atom stereocenters. The third-order valence-corrected chi connectivity index (χ3v) is 5.89. The van der Waals surface area contributed by atoms with Crippen LogP contribution >= 0.6 is 0 Å². The van der Waals surface area contributed by atoms with E-state index in [1.807, 2.05) is 6.92 Å². The molecule has 0 aliphatic carbocycles. The maximum absolute atomic E-state index is 13.5. The molecule has 3 rings (SSSR count). The van der Waals surface area contributed by atoms with Gasteiger partial charge < -0.3 is 19.8 Å². The lowest BCUT2D eigenvalue weighted by Crippen LogP contribution is -2.45. The van der Waals surface area contributed by atoms with Gasteiger partial charge in [-0.05, 0) is 25.7 Å². The highest BCUT2D eigenvalue weighted by Gasteiger charge is 2.46. The maximum Gasteiger partial charge on any atom is 0.322 e. The number of halogens is 2. The van der Waals surface area contributed by atoms with E-state index in [1.54, 1.807) is 23.6 Å². The van der Waals surface area contributed by atoms with Gasteiger partial charge in [-0.15, -0.1) is 0 Å². The van der Waals surface area contributed by atoms with E-state index in [0.717, 1.165) is 6.42 Å². The summed E-state index contributed by atoms with van der Waals surface area (Å²) in [6.07, 6.45) is 0.692. The minimum absolute atomic E-state index is 0.0377. The van der Waals surface area contributed by atoms with Crippen LogP contribution in [0, 0.1) is 25.7 Å². The van der Waals surface area contributed by atoms with Crippen molar-refractivity contribution in [2.75, 3.05) is 38.1 Å². The largest absolute Gasteiger partial charge is 0.394 e. The van der Waals surface area contributed by atoms with Crippen LogP contribution in [0.15, 0.2) is 4.52 Å². The number of rotatable bonds is 5. The Morgan fingerprint density at radius 2 is 2.19 bits per heavy atom. The lowest BCUT2D eigenvalue weighted by atomic mass is 9.88. The monoisotopic (exact) mass is 386 g/mol. The molecule has 2 saturated heterocycles. The van der Waals surface area contributed by atoms with Crippen molar-refractivity contribution in [3.63, 3.8) is 0 Å². The molecule has 0 saturated carbocycles. The van der Waals surface area contributed by atoms with E-state index in [0.29, 0.717) is 36.8 Å². The summed E-state index contributed by atoms with van der Waals surface area (Å²) in [6.45, 7) is 6.35. The fraction of sp³-hybridized carbons (Fsp3) is 0.778. The number of carbonyl (C=O) groups excluding carboxylic acids is 1. The third kappa shape index (κ3) is 4.08. The zero-order valence-electron chi connectivity index (χ0n) is 16.0. The lowest BCUT2D eigenvalue weighted by molar-refractivity contribution is 0.00917. The molecule has 0 unspecified atom stereocenters. The van der Waals surface area contributed by atoms with Gasteiger partial charge in [0.15, 0.2) is 5.76 Å². The Morgan fingerprint density at radius 1 is 1.44 bits per heavy atom. The molecule has 0 bridgehead atoms. The zero-order chi connectivity index (χ0) is 19.8. The number of aryl methyl sites for hydroxylation is 2. The average molecular weight is 386 g/mol. The number of aliphatic hydroxyl groups excluding tert-OH is 1. The van der Waals surface area contributed by atoms with Gasteiger partial charge in [0.25, 0.3) is 5.92 Å². The number of anilines is 1. The van der Waals surface area contributed by atoms with Gasteiger partial charge in [0.1, 0.15) is 11.4 Å². The predicted octanol–water partition coefficient (Wildman–Crippen LogP) is 2.48. The van der Waals surface area contributed by atoms with Crippen molar-refractivity contribution in [3.8, 4) is 0 Å². The first-order valence-electron chi connectivity index (χ1n) is 9.47. The molecule has 7 nitrogen and oxygen atoms in total. The standard InChI is InChI=1S/C18H28F2N4O3/c1-4-13-7-24(17(26)21-16-11(2)22-27-12(16)3)15(9-25)14(13)8-23-6-5-18(19,20)10-23/h13-15,25H,4-10H2,1-3H3,(H,21,26)/t13-,14-,15-/m1/s1. The Kier molecular flexibility index (Phi) is 5.71. The third-order valence-electron chi connectivity index (χ3n) is 5.89. The number of hydrogen-bond donors (Lipinski definition) is 2. The molecule has 3 heterocycles. The van der Waals surface area contributed by atoms with E-state index >= 15 is 0 Å². The molecule has 0 aromatic carbocycles. The van der Waals surface area contributed by atoms with E-state index in [1.165, 1.54) is 0 Å². The summed E-state index contributed by atoms with van der Waals surface area (Å²) in [5.74, 6) is -2.00. The molecule has 1 aromatic heterocycles. The molecular weight excluding hydrogens is 358 g/mol. The Morgan fingerprint density at radius 3 is 2.70 bits per heavy atom. The fourth-order valence-electron chi connectivity index (χ4n) is 4.34. The Bertz CT molecular complexity index is 662. The minimum Gasteiger partial charge on any atom is -0.394 e. The van der Waals surface area contributed by atoms with Gasteiger partial charge in [-0.1, -0.05) is 18.5 Å². The topological polar surface area (TPSA) is 81.8 Å². The molecule has 27 heavy (non-hydrogen) atoms. The van der Waals surface area contributed by atoms with E-state index in [2.05, 4.69) is 10.5 Å². The van der Waals surface area contributed by atoms with Crippen molar-refractivity contribution >= 4 is 11.7 Å². The van der Waals surface area contributed by atoms with Crippen molar-refractivity contribution in [2.45, 2.75) is 45.6 Å². The molecule has 9 heteroatoms. The van der Waals surface area contributed by atoms with Crippen LogP contribution in [0.25, 0.3) is 0 Å². The average Bonchev–Trinajstić information content (AvgIpc) is 3.25. The molecule has 2 amide bonds. The second-order valence-electron chi connectivity index (χ2n) is 7.70. The number of likely N-dealkylation sites (tertiary alicyclic amines) is 2. The van der Waals surface area contributed by atoms with Crippen LogP contribution in [0.1, 0.15) is 31.2 Å². The number of alkyl halides is 2. The van der Waals surface area contributed by atoms with Gasteiger partial charge in [-0.3, -0.25) is 4.90 Å². The number of aromatic nitrogens is 1. The van der Waals surface area contributed by atoms with Gasteiger partial charge in [0, 0.05) is 26.1 Å². The van der Waals surface area contributed by atoms with Crippen LogP contribution in [0.2, 0.25) is 0 Å². The second-order valence-corrected chi connectivity index (χ2v) is 7.70. The molecule has 1 aromatic rings. The lowest BCUT2D eigenvalue weighted by Gasteiger charge is -2.30. The normalized spacial score (nSPS) is 28.1. The summed E-state index contributed by atoms with van der Waals surface area (Å²) in [7, 11) is 0. The number of amides is 2. The molecule has 0 spiro atoms. The summed E-state index contributed by atoms with van der Waals surface area (Å²) in [4.78, 5) is 16.2. The first-order chi connectivity index (χ1) is 12.8. The number of urea groups is 1. The molecule has 152 valence electrons. The molecule has 2 N–H and O–H groups in total. The van der Waals surface area contributed by atoms with Gasteiger partial charge >= 0.3 is 6.03 Å². The smallest absolute Gasteiger partial charge is 0.322 e. The number of nitrogens with one attached hydrogen (secondary N) is 1. The molecule has 0 radical (unpaired) electrons. The summed E-state index contributed by atoms with van der Waals surface area (Å²) >= 11 is 0. The van der Waals surface area contributed by atoms with Gasteiger partial charge in [-0.25, -0.2) is 13.6 Å². The zero-order valence-corrected chi connectivity index (χ0v) is 16.0. The van der Waals surface area contributed by atoms with Crippen LogP contribution in [-0.2, 0) is 0 Å². The van der Waals surface area contributed by atoms with Crippen LogP contribution in [-0.4, -0.2) is 70.8 Å². The highest BCUT2D eigenvalue weighted by molar-refractivity contribution is 5.90. The number of nitrogens with zero attached hydrogens (tertiary/aromatic N) is 3. The molecule has 2 aliphatic heterocycles. The van der Waals surface area contributed by atoms with Crippen LogP contribution in [0.3, 0.4) is 0 Å². The summed E-state index contributed by atoms with van der Waals surface area (Å²) in [5, 5.41) is 16.6. The van der Waals surface area contributed by atoms with E-state index in [-0.39, 0.29) is 37.4 Å². The SMILES string of the molecule is CC[C@@H]1CN(C(=O)Nc2c(C)noc2C)[C@H](CO)[C@@H]1CN1CCC(F)(F)C1. The maximum atomic E-state index is 13.5. The summed E-state index contributed by atoms with van der Waals surface area (Å²) in [6, 6.07) is -0.721. The Balaban J connectivity index is 1.72. The highest BCUT2D eigenvalue weighted by Crippen LogP contribution is 2.36. The van der Waals surface area contributed by atoms with Crippen molar-refractivity contribution in [2.24, 2.45) is 11.8 Å². The highest BCUT2D eigenvalue weighted by atomic mass is 19.3. The van der Waals surface area contributed by atoms with Crippen molar-refractivity contribution < 1.29 is 23.2 Å². The Hall–Kier alpha value is -1.74. The molecular formula is C18H28F2N4O3. The first kappa shape index (κ1) is 20.0. The van der Waals surface area contributed by atoms with Gasteiger partial charge in [-0.2, -0.15) is 0 Å². The van der Waals surface area contributed by atoms with Crippen molar-refractivity contribution in [1.82, 2.24) is 15.0 Å². The predicted molar refractivity (Wildman–Crippen MR) is 95.9 cm³/mol. The number of hydrogen-bond acceptors (Lipinski definition) is 5. The molecule has 2 fully saturated rings. The number of aliphatic hydroxyl groups is 1. The summed E-state index contributed by atoms with van der Waals surface area (Å²) < 4.78 is 32.2. The number of carbonyl (C=O) groups is 1. The van der Waals surface area contributed by atoms with Crippen LogP contribution in [0.5, 0.6) is 0 Å². The van der Waals surface area contributed by atoms with Crippen molar-refractivity contribution in [1.29, 1.82) is 0 Å². The minimum atomic E-state index is -2.64. The van der Waals surface area contributed by atoms with Gasteiger partial charge in [0.2, 0.25) is 0 Å². The second kappa shape index (κ2) is 7.71. The Labute approximate surface area is 157 Å². The van der Waals surface area contributed by atoms with E-state index in [4.69, 9.17) is 4.52 Å².